The summed E-state index contributed by atoms with van der Waals surface area (Å²) in [6.45, 7) is 0. The van der Waals surface area contributed by atoms with Crippen molar-refractivity contribution in [2.75, 3.05) is 0 Å². The molecule has 2 unspecified atom stereocenters. The maximum absolute atomic E-state index is 14.6. The Morgan fingerprint density at radius 2 is 0.862 bits per heavy atom. The Kier molecular flexibility index (Phi) is 13.2. The van der Waals surface area contributed by atoms with Crippen LogP contribution in [0.1, 0.15) is 106 Å². The van der Waals surface area contributed by atoms with E-state index >= 15 is 0 Å². The number of rotatable bonds is 13. The first-order valence-electron chi connectivity index (χ1n) is 18.5. The molecule has 0 spiro atoms. The van der Waals surface area contributed by atoms with E-state index < -0.39 is 82.5 Å². The van der Waals surface area contributed by atoms with Crippen molar-refractivity contribution in [2.24, 2.45) is 0 Å². The Hall–Kier alpha value is -4.96. The molecule has 306 valence electrons. The Labute approximate surface area is 338 Å². The highest BCUT2D eigenvalue weighted by atomic mass is 33.1. The van der Waals surface area contributed by atoms with Gasteiger partial charge in [-0.15, -0.1) is 0 Å². The summed E-state index contributed by atoms with van der Waals surface area (Å²) in [5.41, 5.74) is -2.85. The quantitative estimate of drug-likeness (QED) is 0.101. The van der Waals surface area contributed by atoms with Crippen molar-refractivity contribution in [3.63, 3.8) is 0 Å². The molecule has 8 nitrogen and oxygen atoms in total. The van der Waals surface area contributed by atoms with E-state index in [2.05, 4.69) is 0 Å². The summed E-state index contributed by atoms with van der Waals surface area (Å²) in [4.78, 5) is 57.0. The Morgan fingerprint density at radius 3 is 1.16 bits per heavy atom. The lowest BCUT2D eigenvalue weighted by Gasteiger charge is -2.35. The molecule has 4 aromatic rings. The van der Waals surface area contributed by atoms with Crippen LogP contribution in [0.15, 0.2) is 107 Å². The third kappa shape index (κ3) is 9.49. The smallest absolute Gasteiger partial charge is 0.416 e. The highest BCUT2D eigenvalue weighted by molar-refractivity contribution is 8.76. The molecule has 0 radical (unpaired) electrons. The van der Waals surface area contributed by atoms with Crippen molar-refractivity contribution in [2.45, 2.75) is 97.7 Å². The molecule has 0 bridgehead atoms. The molecule has 2 atom stereocenters. The zero-order chi connectivity index (χ0) is 41.8. The number of halogens is 6. The lowest BCUT2D eigenvalue weighted by molar-refractivity contribution is -0.144. The minimum atomic E-state index is -4.90. The Bertz CT molecular complexity index is 1970. The average molecular weight is 845 g/mol. The second-order valence-electron chi connectivity index (χ2n) is 14.2. The fraction of sp³-hybridized carbons (Fsp3) is 0.333. The van der Waals surface area contributed by atoms with Crippen molar-refractivity contribution < 1.29 is 55.7 Å². The van der Waals surface area contributed by atoms with Crippen LogP contribution in [0.4, 0.5) is 26.3 Å². The second-order valence-corrected chi connectivity index (χ2v) is 16.4. The van der Waals surface area contributed by atoms with Crippen LogP contribution in [0, 0.1) is 0 Å². The maximum Gasteiger partial charge on any atom is 0.416 e. The third-order valence-corrected chi connectivity index (χ3v) is 12.9. The van der Waals surface area contributed by atoms with Crippen LogP contribution in [0.3, 0.4) is 0 Å². The van der Waals surface area contributed by atoms with Crippen molar-refractivity contribution in [1.82, 2.24) is 9.80 Å². The number of carboxylic acid groups (broad SMARTS) is 2. The van der Waals surface area contributed by atoms with E-state index in [0.29, 0.717) is 85.1 Å². The van der Waals surface area contributed by atoms with Crippen molar-refractivity contribution in [3.05, 3.63) is 130 Å². The fourth-order valence-corrected chi connectivity index (χ4v) is 10.0. The van der Waals surface area contributed by atoms with E-state index in [-0.39, 0.29) is 20.9 Å². The van der Waals surface area contributed by atoms with Crippen LogP contribution in [0.5, 0.6) is 0 Å². The molecule has 16 heteroatoms. The SMILES string of the molecule is O=C(O)C(c1ccccc1)N(C(=O)c1cc(C(F)(F)F)ccc1SSc1ccc(C(F)(F)F)cc1C(=O)N(C1CCCC1)C(C(=O)O)c1ccccc1)C1CCCC1. The molecule has 6 rings (SSSR count). The van der Waals surface area contributed by atoms with Gasteiger partial charge in [0.05, 0.1) is 22.3 Å². The summed E-state index contributed by atoms with van der Waals surface area (Å²) in [5.74, 6) is -4.75. The van der Waals surface area contributed by atoms with Gasteiger partial charge in [-0.25, -0.2) is 9.59 Å². The second kappa shape index (κ2) is 17.9. The van der Waals surface area contributed by atoms with Crippen LogP contribution in [0.2, 0.25) is 0 Å². The molecular formula is C42H38F6N2O6S2. The minimum absolute atomic E-state index is 0.0677. The molecule has 2 N–H and O–H groups in total. The number of carboxylic acids is 2. The molecule has 0 saturated heterocycles. The third-order valence-electron chi connectivity index (χ3n) is 10.5. The first kappa shape index (κ1) is 42.6. The molecule has 2 aliphatic rings. The van der Waals surface area contributed by atoms with Crippen molar-refractivity contribution in [1.29, 1.82) is 0 Å². The topological polar surface area (TPSA) is 115 Å². The van der Waals surface area contributed by atoms with Crippen molar-refractivity contribution in [3.8, 4) is 0 Å². The maximum atomic E-state index is 14.6. The number of nitrogens with zero attached hydrogens (tertiary/aromatic N) is 2. The fourth-order valence-electron chi connectivity index (χ4n) is 7.73. The van der Waals surface area contributed by atoms with Crippen LogP contribution >= 0.6 is 21.6 Å². The van der Waals surface area contributed by atoms with E-state index in [1.165, 1.54) is 24.3 Å². The van der Waals surface area contributed by atoms with E-state index in [9.17, 15) is 55.7 Å². The molecule has 0 aliphatic heterocycles. The number of amides is 2. The highest BCUT2D eigenvalue weighted by Gasteiger charge is 2.42. The summed E-state index contributed by atoms with van der Waals surface area (Å²) in [6, 6.07) is 16.1. The molecule has 2 saturated carbocycles. The van der Waals surface area contributed by atoms with E-state index in [1.807, 2.05) is 0 Å². The standard InChI is InChI=1S/C42H38F6N2O6S2/c43-41(44,45)27-19-21-33(31(23-27)37(51)49(29-15-7-8-16-29)35(39(53)54)25-11-3-1-4-12-25)57-58-34-22-20-28(42(46,47)48)24-32(34)38(52)50(30-17-9-10-18-30)36(40(55)56)26-13-5-2-6-14-26/h1-6,11-14,19-24,29-30,35-36H,7-10,15-18H2,(H,53,54)(H,55,56). The monoisotopic (exact) mass is 844 g/mol. The van der Waals surface area contributed by atoms with E-state index in [1.54, 1.807) is 36.4 Å². The van der Waals surface area contributed by atoms with Gasteiger partial charge in [0.2, 0.25) is 0 Å². The zero-order valence-electron chi connectivity index (χ0n) is 30.7. The van der Waals surface area contributed by atoms with Gasteiger partial charge in [0.1, 0.15) is 0 Å². The van der Waals surface area contributed by atoms with Crippen LogP contribution in [0.25, 0.3) is 0 Å². The largest absolute Gasteiger partial charge is 0.479 e. The highest BCUT2D eigenvalue weighted by Crippen LogP contribution is 2.46. The van der Waals surface area contributed by atoms with Gasteiger partial charge in [0.25, 0.3) is 11.8 Å². The molecular weight excluding hydrogens is 807 g/mol. The molecule has 2 aliphatic carbocycles. The zero-order valence-corrected chi connectivity index (χ0v) is 32.3. The first-order chi connectivity index (χ1) is 27.6. The van der Waals surface area contributed by atoms with Gasteiger partial charge >= 0.3 is 24.3 Å². The summed E-state index contributed by atoms with van der Waals surface area (Å²) in [6.07, 6.45) is -5.52. The van der Waals surface area contributed by atoms with E-state index in [0.717, 1.165) is 34.1 Å². The summed E-state index contributed by atoms with van der Waals surface area (Å²) < 4.78 is 85.1. The molecule has 58 heavy (non-hydrogen) atoms. The minimum Gasteiger partial charge on any atom is -0.479 e. The van der Waals surface area contributed by atoms with Gasteiger partial charge in [-0.3, -0.25) is 9.59 Å². The Morgan fingerprint density at radius 1 is 0.534 bits per heavy atom. The lowest BCUT2D eigenvalue weighted by Crippen LogP contribution is -2.45. The van der Waals surface area contributed by atoms with Gasteiger partial charge in [0.15, 0.2) is 12.1 Å². The normalized spacial score (nSPS) is 16.2. The molecule has 2 fully saturated rings. The number of hydrogen-bond acceptors (Lipinski definition) is 6. The van der Waals surface area contributed by atoms with Gasteiger partial charge in [0, 0.05) is 21.9 Å². The van der Waals surface area contributed by atoms with Crippen LogP contribution in [-0.2, 0) is 21.9 Å². The average Bonchev–Trinajstić information content (AvgIpc) is 3.93. The molecule has 4 aromatic carbocycles. The van der Waals surface area contributed by atoms with Gasteiger partial charge in [-0.2, -0.15) is 26.3 Å². The lowest BCUT2D eigenvalue weighted by atomic mass is 10.00. The van der Waals surface area contributed by atoms with Gasteiger partial charge in [-0.05, 0) is 73.2 Å². The number of carbonyl (C=O) groups excluding carboxylic acids is 2. The van der Waals surface area contributed by atoms with Gasteiger partial charge in [-0.1, -0.05) is 108 Å². The van der Waals surface area contributed by atoms with Crippen LogP contribution in [-0.4, -0.2) is 55.8 Å². The number of hydrogen-bond donors (Lipinski definition) is 2. The molecule has 2 amide bonds. The number of aliphatic carboxylic acids is 2. The van der Waals surface area contributed by atoms with Gasteiger partial charge < -0.3 is 20.0 Å². The van der Waals surface area contributed by atoms with E-state index in [4.69, 9.17) is 0 Å². The Balaban J connectivity index is 1.44. The summed E-state index contributed by atoms with van der Waals surface area (Å²) >= 11 is 0. The predicted molar refractivity (Wildman–Crippen MR) is 205 cm³/mol. The predicted octanol–water partition coefficient (Wildman–Crippen LogP) is 10.9. The number of carbonyl (C=O) groups is 4. The van der Waals surface area contributed by atoms with Crippen LogP contribution < -0.4 is 0 Å². The molecule has 0 aromatic heterocycles. The first-order valence-corrected chi connectivity index (χ1v) is 20.7. The molecule has 0 heterocycles. The van der Waals surface area contributed by atoms with Crippen molar-refractivity contribution >= 4 is 45.3 Å². The number of alkyl halides is 6. The number of benzene rings is 4. The summed E-state index contributed by atoms with van der Waals surface area (Å²) in [5, 5.41) is 20.9. The summed E-state index contributed by atoms with van der Waals surface area (Å²) in [7, 11) is 1.42.